The molecular weight excluding hydrogens is 112 g/mol. The molecule has 0 aliphatic heterocycles. The van der Waals surface area contributed by atoms with Crippen molar-refractivity contribution in [3.8, 4) is 0 Å². The van der Waals surface area contributed by atoms with Crippen molar-refractivity contribution in [2.24, 2.45) is 0 Å². The standard InChI is InChI=1S/C8H12O/c1-4-8(6-9)5-7(2)3/h5H,4H2,1-3H3. The zero-order chi connectivity index (χ0) is 7.28. The minimum absolute atomic E-state index is 0.745. The van der Waals surface area contributed by atoms with Crippen LogP contribution < -0.4 is 0 Å². The topological polar surface area (TPSA) is 17.1 Å². The summed E-state index contributed by atoms with van der Waals surface area (Å²) in [4.78, 5) is 10.1. The molecule has 0 saturated heterocycles. The average molecular weight is 124 g/mol. The highest BCUT2D eigenvalue weighted by molar-refractivity contribution is 5.57. The van der Waals surface area contributed by atoms with Gasteiger partial charge in [-0.1, -0.05) is 12.5 Å². The SMILES string of the molecule is CCC(=C=O)C=C(C)C. The van der Waals surface area contributed by atoms with E-state index >= 15 is 0 Å². The van der Waals surface area contributed by atoms with Gasteiger partial charge in [0.05, 0.1) is 0 Å². The lowest BCUT2D eigenvalue weighted by atomic mass is 10.2. The Labute approximate surface area is 56.1 Å². The fourth-order valence-corrected chi connectivity index (χ4v) is 0.552. The van der Waals surface area contributed by atoms with Gasteiger partial charge in [0, 0.05) is 5.57 Å². The lowest BCUT2D eigenvalue weighted by Gasteiger charge is -1.89. The van der Waals surface area contributed by atoms with Crippen molar-refractivity contribution in [3.05, 3.63) is 17.2 Å². The first kappa shape index (κ1) is 8.19. The summed E-state index contributed by atoms with van der Waals surface area (Å²) < 4.78 is 0. The van der Waals surface area contributed by atoms with Gasteiger partial charge in [-0.05, 0) is 26.3 Å². The van der Waals surface area contributed by atoms with E-state index in [1.165, 1.54) is 0 Å². The predicted octanol–water partition coefficient (Wildman–Crippen LogP) is 2.12. The molecule has 9 heavy (non-hydrogen) atoms. The molecule has 0 unspecified atom stereocenters. The first-order valence-corrected chi connectivity index (χ1v) is 3.09. The molecule has 0 bridgehead atoms. The minimum atomic E-state index is 0.745. The minimum Gasteiger partial charge on any atom is -0.233 e. The van der Waals surface area contributed by atoms with Crippen LogP contribution in [0, 0.1) is 0 Å². The number of hydrogen-bond acceptors (Lipinski definition) is 1. The molecule has 50 valence electrons. The van der Waals surface area contributed by atoms with Crippen molar-refractivity contribution >= 4 is 5.94 Å². The maximum atomic E-state index is 10.1. The van der Waals surface area contributed by atoms with Gasteiger partial charge in [0.2, 0.25) is 0 Å². The molecule has 0 aromatic carbocycles. The van der Waals surface area contributed by atoms with Crippen LogP contribution in [0.2, 0.25) is 0 Å². The third-order valence-electron chi connectivity index (χ3n) is 0.975. The van der Waals surface area contributed by atoms with Gasteiger partial charge in [-0.2, -0.15) is 0 Å². The fourth-order valence-electron chi connectivity index (χ4n) is 0.552. The molecule has 1 nitrogen and oxygen atoms in total. The normalized spacial score (nSPS) is 7.89. The lowest BCUT2D eigenvalue weighted by molar-refractivity contribution is 0.567. The highest BCUT2D eigenvalue weighted by atomic mass is 16.1. The Morgan fingerprint density at radius 1 is 1.56 bits per heavy atom. The Bertz CT molecular complexity index is 155. The summed E-state index contributed by atoms with van der Waals surface area (Å²) in [6.45, 7) is 5.87. The monoisotopic (exact) mass is 124 g/mol. The summed E-state index contributed by atoms with van der Waals surface area (Å²) >= 11 is 0. The van der Waals surface area contributed by atoms with E-state index in [1.807, 2.05) is 32.8 Å². The van der Waals surface area contributed by atoms with Crippen molar-refractivity contribution in [2.75, 3.05) is 0 Å². The molecule has 0 aromatic rings. The Hall–Kier alpha value is -0.810. The molecule has 0 atom stereocenters. The van der Waals surface area contributed by atoms with Crippen LogP contribution in [0.5, 0.6) is 0 Å². The Morgan fingerprint density at radius 3 is 2.22 bits per heavy atom. The van der Waals surface area contributed by atoms with Crippen LogP contribution in [0.4, 0.5) is 0 Å². The summed E-state index contributed by atoms with van der Waals surface area (Å²) in [6.07, 6.45) is 2.63. The van der Waals surface area contributed by atoms with Gasteiger partial charge in [-0.3, -0.25) is 0 Å². The Morgan fingerprint density at radius 2 is 2.11 bits per heavy atom. The molecule has 1 heteroatoms. The summed E-state index contributed by atoms with van der Waals surface area (Å²) in [5.41, 5.74) is 1.89. The Balaban J connectivity index is 4.19. The number of rotatable bonds is 2. The molecule has 0 aromatic heterocycles. The average Bonchev–Trinajstić information content (AvgIpc) is 1.82. The molecule has 0 radical (unpaired) electrons. The zero-order valence-electron chi connectivity index (χ0n) is 6.19. The molecule has 0 N–H and O–H groups in total. The predicted molar refractivity (Wildman–Crippen MR) is 38.9 cm³/mol. The van der Waals surface area contributed by atoms with Gasteiger partial charge in [0.25, 0.3) is 0 Å². The van der Waals surface area contributed by atoms with Crippen molar-refractivity contribution in [2.45, 2.75) is 27.2 Å². The van der Waals surface area contributed by atoms with Gasteiger partial charge in [0.15, 0.2) is 0 Å². The lowest BCUT2D eigenvalue weighted by Crippen LogP contribution is -1.75. The highest BCUT2D eigenvalue weighted by Crippen LogP contribution is 2.00. The molecule has 0 saturated carbocycles. The highest BCUT2D eigenvalue weighted by Gasteiger charge is 1.86. The first-order valence-electron chi connectivity index (χ1n) is 3.09. The third kappa shape index (κ3) is 3.75. The Kier molecular flexibility index (Phi) is 3.74. The summed E-state index contributed by atoms with van der Waals surface area (Å²) in [6, 6.07) is 0. The van der Waals surface area contributed by atoms with Crippen LogP contribution in [0.1, 0.15) is 27.2 Å². The van der Waals surface area contributed by atoms with E-state index in [9.17, 15) is 4.79 Å². The first-order chi connectivity index (χ1) is 4.20. The summed E-state index contributed by atoms with van der Waals surface area (Å²) in [7, 11) is 0. The molecule has 0 spiro atoms. The molecule has 0 heterocycles. The van der Waals surface area contributed by atoms with E-state index in [0.717, 1.165) is 17.6 Å². The third-order valence-corrected chi connectivity index (χ3v) is 0.975. The molecule has 0 aliphatic carbocycles. The van der Waals surface area contributed by atoms with Crippen LogP contribution in [0.15, 0.2) is 17.2 Å². The van der Waals surface area contributed by atoms with E-state index in [2.05, 4.69) is 0 Å². The summed E-state index contributed by atoms with van der Waals surface area (Å²) in [5, 5.41) is 0. The molecular formula is C8H12O. The quantitative estimate of drug-likeness (QED) is 0.407. The maximum Gasteiger partial charge on any atom is 0.127 e. The van der Waals surface area contributed by atoms with Crippen LogP contribution in [-0.2, 0) is 4.79 Å². The van der Waals surface area contributed by atoms with Gasteiger partial charge < -0.3 is 0 Å². The number of allylic oxidation sites excluding steroid dienone is 3. The van der Waals surface area contributed by atoms with Crippen LogP contribution in [-0.4, -0.2) is 5.94 Å². The maximum absolute atomic E-state index is 10.1. The van der Waals surface area contributed by atoms with Gasteiger partial charge in [-0.15, -0.1) is 0 Å². The van der Waals surface area contributed by atoms with Crippen LogP contribution in [0.3, 0.4) is 0 Å². The van der Waals surface area contributed by atoms with E-state index < -0.39 is 0 Å². The van der Waals surface area contributed by atoms with E-state index in [-0.39, 0.29) is 0 Å². The molecule has 0 amide bonds. The zero-order valence-corrected chi connectivity index (χ0v) is 6.19. The van der Waals surface area contributed by atoms with Gasteiger partial charge >= 0.3 is 0 Å². The van der Waals surface area contributed by atoms with Gasteiger partial charge in [0.1, 0.15) is 5.94 Å². The van der Waals surface area contributed by atoms with Gasteiger partial charge in [-0.25, -0.2) is 4.79 Å². The molecule has 0 fully saturated rings. The smallest absolute Gasteiger partial charge is 0.127 e. The second-order valence-corrected chi connectivity index (χ2v) is 2.20. The number of carbonyl (C=O) groups excluding carboxylic acids is 1. The van der Waals surface area contributed by atoms with Crippen LogP contribution in [0.25, 0.3) is 0 Å². The largest absolute Gasteiger partial charge is 0.233 e. The second-order valence-electron chi connectivity index (χ2n) is 2.20. The van der Waals surface area contributed by atoms with E-state index in [0.29, 0.717) is 0 Å². The van der Waals surface area contributed by atoms with E-state index in [1.54, 1.807) is 0 Å². The second kappa shape index (κ2) is 4.11. The van der Waals surface area contributed by atoms with Crippen molar-refractivity contribution in [1.82, 2.24) is 0 Å². The number of hydrogen-bond donors (Lipinski definition) is 0. The van der Waals surface area contributed by atoms with E-state index in [4.69, 9.17) is 0 Å². The van der Waals surface area contributed by atoms with Crippen molar-refractivity contribution in [1.29, 1.82) is 0 Å². The van der Waals surface area contributed by atoms with Crippen LogP contribution >= 0.6 is 0 Å². The summed E-state index contributed by atoms with van der Waals surface area (Å²) in [5.74, 6) is 1.87. The fraction of sp³-hybridized carbons (Fsp3) is 0.500. The molecule has 0 aliphatic rings. The van der Waals surface area contributed by atoms with Crippen molar-refractivity contribution in [3.63, 3.8) is 0 Å². The van der Waals surface area contributed by atoms with Crippen molar-refractivity contribution < 1.29 is 4.79 Å². The molecule has 0 rings (SSSR count).